The van der Waals surface area contributed by atoms with Crippen LogP contribution in [0.5, 0.6) is 5.75 Å². The first-order valence-corrected chi connectivity index (χ1v) is 7.53. The lowest BCUT2D eigenvalue weighted by Gasteiger charge is -2.09. The lowest BCUT2D eigenvalue weighted by molar-refractivity contribution is -0.121. The molecule has 0 aliphatic rings. The van der Waals surface area contributed by atoms with Crippen molar-refractivity contribution in [2.24, 2.45) is 0 Å². The number of H-pyrrole nitrogens is 1. The van der Waals surface area contributed by atoms with E-state index in [1.807, 2.05) is 6.07 Å². The van der Waals surface area contributed by atoms with E-state index in [0.717, 1.165) is 5.56 Å². The summed E-state index contributed by atoms with van der Waals surface area (Å²) in [7, 11) is 0. The third kappa shape index (κ3) is 3.50. The molecule has 3 rings (SSSR count). The number of hydrogen-bond donors (Lipinski definition) is 4. The van der Waals surface area contributed by atoms with Gasteiger partial charge in [0.15, 0.2) is 0 Å². The number of amides is 2. The molecule has 0 saturated heterocycles. The predicted molar refractivity (Wildman–Crippen MR) is 92.0 cm³/mol. The molecule has 3 aromatic rings. The molecule has 126 valence electrons. The number of aromatic nitrogens is 1. The number of carbonyl (C=O) groups excluding carboxylic acids is 2. The molecular formula is C18H15N3O4. The van der Waals surface area contributed by atoms with E-state index >= 15 is 0 Å². The summed E-state index contributed by atoms with van der Waals surface area (Å²) in [5, 5.41) is 10.5. The smallest absolute Gasteiger partial charge is 0.279 e. The SMILES string of the molecule is O=C(Cc1ccccc1)NNC(=O)c1c(O)c2ccccc2[nH]c1=O. The minimum Gasteiger partial charge on any atom is -0.506 e. The molecule has 0 fully saturated rings. The van der Waals surface area contributed by atoms with Crippen LogP contribution in [0.25, 0.3) is 10.9 Å². The zero-order valence-corrected chi connectivity index (χ0v) is 13.1. The number of nitrogens with one attached hydrogen (secondary N) is 3. The van der Waals surface area contributed by atoms with Crippen LogP contribution in [-0.2, 0) is 11.2 Å². The van der Waals surface area contributed by atoms with Crippen LogP contribution < -0.4 is 16.4 Å². The minimum atomic E-state index is -0.897. The summed E-state index contributed by atoms with van der Waals surface area (Å²) >= 11 is 0. The van der Waals surface area contributed by atoms with Gasteiger partial charge in [0, 0.05) is 5.39 Å². The van der Waals surface area contributed by atoms with E-state index in [4.69, 9.17) is 0 Å². The molecule has 0 aliphatic carbocycles. The van der Waals surface area contributed by atoms with Gasteiger partial charge < -0.3 is 10.1 Å². The zero-order valence-electron chi connectivity index (χ0n) is 13.1. The van der Waals surface area contributed by atoms with Crippen molar-refractivity contribution in [2.75, 3.05) is 0 Å². The highest BCUT2D eigenvalue weighted by molar-refractivity contribution is 6.02. The molecule has 0 spiro atoms. The lowest BCUT2D eigenvalue weighted by atomic mass is 10.1. The fraction of sp³-hybridized carbons (Fsp3) is 0.0556. The second-order valence-corrected chi connectivity index (χ2v) is 5.39. The lowest BCUT2D eigenvalue weighted by Crippen LogP contribution is -2.44. The Hall–Kier alpha value is -3.61. The topological polar surface area (TPSA) is 111 Å². The normalized spacial score (nSPS) is 10.4. The quantitative estimate of drug-likeness (QED) is 0.539. The molecule has 0 unspecified atom stereocenters. The maximum absolute atomic E-state index is 12.2. The number of carbonyl (C=O) groups is 2. The number of aromatic hydroxyl groups is 1. The molecule has 7 heteroatoms. The van der Waals surface area contributed by atoms with Crippen molar-refractivity contribution in [1.82, 2.24) is 15.8 Å². The second kappa shape index (κ2) is 6.88. The third-order valence-corrected chi connectivity index (χ3v) is 3.64. The largest absolute Gasteiger partial charge is 0.506 e. The Bertz CT molecular complexity index is 996. The zero-order chi connectivity index (χ0) is 17.8. The summed E-state index contributed by atoms with van der Waals surface area (Å²) in [6.07, 6.45) is 0.0706. The number of rotatable bonds is 3. The van der Waals surface area contributed by atoms with Gasteiger partial charge >= 0.3 is 0 Å². The van der Waals surface area contributed by atoms with Crippen molar-refractivity contribution >= 4 is 22.7 Å². The first kappa shape index (κ1) is 16.3. The number of hydrazine groups is 1. The Morgan fingerprint density at radius 3 is 2.40 bits per heavy atom. The van der Waals surface area contributed by atoms with Crippen LogP contribution in [0.15, 0.2) is 59.4 Å². The van der Waals surface area contributed by atoms with E-state index < -0.39 is 28.7 Å². The van der Waals surface area contributed by atoms with Crippen molar-refractivity contribution in [3.63, 3.8) is 0 Å². The highest BCUT2D eigenvalue weighted by Crippen LogP contribution is 2.24. The van der Waals surface area contributed by atoms with Gasteiger partial charge in [0.05, 0.1) is 11.9 Å². The number of benzene rings is 2. The first-order chi connectivity index (χ1) is 12.1. The average Bonchev–Trinajstić information content (AvgIpc) is 2.61. The summed E-state index contributed by atoms with van der Waals surface area (Å²) in [6.45, 7) is 0. The van der Waals surface area contributed by atoms with E-state index in [1.54, 1.807) is 48.5 Å². The summed E-state index contributed by atoms with van der Waals surface area (Å²) in [5.74, 6) is -1.78. The van der Waals surface area contributed by atoms with Gasteiger partial charge in [0.1, 0.15) is 11.3 Å². The maximum Gasteiger partial charge on any atom is 0.279 e. The maximum atomic E-state index is 12.2. The third-order valence-electron chi connectivity index (χ3n) is 3.64. The number of pyridine rings is 1. The molecule has 1 heterocycles. The Morgan fingerprint density at radius 2 is 1.64 bits per heavy atom. The van der Waals surface area contributed by atoms with Gasteiger partial charge in [-0.25, -0.2) is 0 Å². The molecule has 0 saturated carbocycles. The first-order valence-electron chi connectivity index (χ1n) is 7.53. The number of fused-ring (bicyclic) bond motifs is 1. The molecule has 2 amide bonds. The molecule has 1 aromatic heterocycles. The van der Waals surface area contributed by atoms with Gasteiger partial charge in [-0.05, 0) is 17.7 Å². The van der Waals surface area contributed by atoms with Crippen LogP contribution in [0.2, 0.25) is 0 Å². The van der Waals surface area contributed by atoms with E-state index in [1.165, 1.54) is 0 Å². The van der Waals surface area contributed by atoms with Crippen LogP contribution in [0.1, 0.15) is 15.9 Å². The van der Waals surface area contributed by atoms with Gasteiger partial charge in [-0.1, -0.05) is 42.5 Å². The molecule has 0 aliphatic heterocycles. The Labute approximate surface area is 142 Å². The van der Waals surface area contributed by atoms with Crippen molar-refractivity contribution in [2.45, 2.75) is 6.42 Å². The van der Waals surface area contributed by atoms with E-state index in [0.29, 0.717) is 10.9 Å². The Balaban J connectivity index is 1.74. The molecule has 7 nitrogen and oxygen atoms in total. The Kier molecular flexibility index (Phi) is 4.47. The van der Waals surface area contributed by atoms with E-state index in [2.05, 4.69) is 15.8 Å². The molecule has 2 aromatic carbocycles. The monoisotopic (exact) mass is 337 g/mol. The van der Waals surface area contributed by atoms with Gasteiger partial charge in [-0.3, -0.25) is 25.2 Å². The van der Waals surface area contributed by atoms with Gasteiger partial charge in [0.2, 0.25) is 5.91 Å². The van der Waals surface area contributed by atoms with Crippen molar-refractivity contribution in [3.8, 4) is 5.75 Å². The summed E-state index contributed by atoms with van der Waals surface area (Å²) in [6, 6.07) is 15.5. The van der Waals surface area contributed by atoms with Crippen LogP contribution >= 0.6 is 0 Å². The molecular weight excluding hydrogens is 322 g/mol. The molecule has 0 atom stereocenters. The second-order valence-electron chi connectivity index (χ2n) is 5.39. The van der Waals surface area contributed by atoms with Crippen LogP contribution in [-0.4, -0.2) is 21.9 Å². The van der Waals surface area contributed by atoms with Crippen molar-refractivity contribution < 1.29 is 14.7 Å². The average molecular weight is 337 g/mol. The molecule has 0 bridgehead atoms. The van der Waals surface area contributed by atoms with Crippen LogP contribution in [0.3, 0.4) is 0 Å². The van der Waals surface area contributed by atoms with Crippen LogP contribution in [0, 0.1) is 0 Å². The fourth-order valence-corrected chi connectivity index (χ4v) is 2.45. The Morgan fingerprint density at radius 1 is 0.960 bits per heavy atom. The minimum absolute atomic E-state index is 0.0706. The van der Waals surface area contributed by atoms with Gasteiger partial charge in [-0.2, -0.15) is 0 Å². The predicted octanol–water partition coefficient (Wildman–Crippen LogP) is 1.24. The highest BCUT2D eigenvalue weighted by atomic mass is 16.3. The highest BCUT2D eigenvalue weighted by Gasteiger charge is 2.19. The summed E-state index contributed by atoms with van der Waals surface area (Å²) in [5.41, 5.74) is 4.36. The van der Waals surface area contributed by atoms with E-state index in [-0.39, 0.29) is 6.42 Å². The van der Waals surface area contributed by atoms with E-state index in [9.17, 15) is 19.5 Å². The van der Waals surface area contributed by atoms with Gasteiger partial charge in [-0.15, -0.1) is 0 Å². The summed E-state index contributed by atoms with van der Waals surface area (Å²) < 4.78 is 0. The number of aromatic amines is 1. The van der Waals surface area contributed by atoms with Crippen molar-refractivity contribution in [3.05, 3.63) is 76.1 Å². The number of para-hydroxylation sites is 1. The molecule has 0 radical (unpaired) electrons. The standard InChI is InChI=1S/C18H15N3O4/c22-14(10-11-6-2-1-3-7-11)20-21-18(25)15-16(23)12-8-4-5-9-13(12)19-17(15)24/h1-9H,10H2,(H,20,22)(H,21,25)(H2,19,23,24). The summed E-state index contributed by atoms with van der Waals surface area (Å²) in [4.78, 5) is 38.6. The number of hydrogen-bond acceptors (Lipinski definition) is 4. The van der Waals surface area contributed by atoms with Gasteiger partial charge in [0.25, 0.3) is 11.5 Å². The molecule has 4 N–H and O–H groups in total. The fourth-order valence-electron chi connectivity index (χ4n) is 2.45. The van der Waals surface area contributed by atoms with Crippen LogP contribution in [0.4, 0.5) is 0 Å². The molecule has 25 heavy (non-hydrogen) atoms. The van der Waals surface area contributed by atoms with Crippen molar-refractivity contribution in [1.29, 1.82) is 0 Å².